The molecule has 1 heterocycles. The van der Waals surface area contributed by atoms with E-state index in [4.69, 9.17) is 4.74 Å². The SMILES string of the molecule is Cc1ccc(S(=O)(=O)NN(C)C(=O)O[C@H]2C[C@@H](S)CN2S(=O)(=O)c2ccc3ccccc3c2)cc1. The van der Waals surface area contributed by atoms with E-state index in [1.54, 1.807) is 24.3 Å². The van der Waals surface area contributed by atoms with Gasteiger partial charge in [0.25, 0.3) is 10.0 Å². The van der Waals surface area contributed by atoms with E-state index in [9.17, 15) is 21.6 Å². The summed E-state index contributed by atoms with van der Waals surface area (Å²) in [6.45, 7) is 1.86. The van der Waals surface area contributed by atoms with Gasteiger partial charge in [-0.25, -0.2) is 26.6 Å². The minimum Gasteiger partial charge on any atom is -0.428 e. The van der Waals surface area contributed by atoms with Crippen LogP contribution < -0.4 is 4.83 Å². The lowest BCUT2D eigenvalue weighted by molar-refractivity contribution is 0.0274. The summed E-state index contributed by atoms with van der Waals surface area (Å²) in [5, 5.41) is 1.96. The molecule has 1 aliphatic rings. The molecule has 0 aliphatic carbocycles. The van der Waals surface area contributed by atoms with E-state index in [1.165, 1.54) is 25.2 Å². The Kier molecular flexibility index (Phi) is 7.11. The number of nitrogens with one attached hydrogen (secondary N) is 1. The predicted molar refractivity (Wildman–Crippen MR) is 135 cm³/mol. The van der Waals surface area contributed by atoms with Crippen LogP contribution in [0.25, 0.3) is 10.8 Å². The molecule has 0 saturated carbocycles. The molecule has 1 saturated heterocycles. The molecule has 0 aromatic heterocycles. The van der Waals surface area contributed by atoms with Crippen LogP contribution in [-0.2, 0) is 24.8 Å². The van der Waals surface area contributed by atoms with E-state index in [2.05, 4.69) is 17.5 Å². The standard InChI is InChI=1S/C23H25N3O6S3/c1-16-7-10-20(11-8-16)34(28,29)24-25(2)23(27)32-22-14-19(33)15-26(22)35(30,31)21-12-9-17-5-3-4-6-18(17)13-21/h3-13,19,22,24,33H,14-15H2,1-2H3/t19-,22+/m1/s1. The number of amides is 1. The molecule has 4 rings (SSSR count). The average Bonchev–Trinajstić information content (AvgIpc) is 3.19. The number of sulfonamides is 2. The lowest BCUT2D eigenvalue weighted by Gasteiger charge is -2.26. The number of carbonyl (C=O) groups is 1. The lowest BCUT2D eigenvalue weighted by Crippen LogP contribution is -2.47. The molecular weight excluding hydrogens is 510 g/mol. The molecule has 35 heavy (non-hydrogen) atoms. The highest BCUT2D eigenvalue weighted by Gasteiger charge is 2.42. The van der Waals surface area contributed by atoms with Crippen molar-refractivity contribution in [2.75, 3.05) is 13.6 Å². The van der Waals surface area contributed by atoms with E-state index < -0.39 is 32.4 Å². The fourth-order valence-corrected chi connectivity index (χ4v) is 6.86. The van der Waals surface area contributed by atoms with Crippen LogP contribution in [0.15, 0.2) is 76.5 Å². The second kappa shape index (κ2) is 9.78. The zero-order valence-corrected chi connectivity index (χ0v) is 21.6. The molecule has 12 heteroatoms. The van der Waals surface area contributed by atoms with Crippen molar-refractivity contribution in [1.82, 2.24) is 14.1 Å². The number of benzene rings is 3. The number of hydrogen-bond acceptors (Lipinski definition) is 7. The zero-order chi connectivity index (χ0) is 25.4. The Balaban J connectivity index is 1.51. The van der Waals surface area contributed by atoms with Crippen molar-refractivity contribution in [3.8, 4) is 0 Å². The molecule has 1 amide bonds. The summed E-state index contributed by atoms with van der Waals surface area (Å²) >= 11 is 4.39. The molecule has 3 aromatic carbocycles. The van der Waals surface area contributed by atoms with Crippen molar-refractivity contribution in [1.29, 1.82) is 0 Å². The zero-order valence-electron chi connectivity index (χ0n) is 19.0. The van der Waals surface area contributed by atoms with Crippen LogP contribution in [0.3, 0.4) is 0 Å². The number of rotatable bonds is 6. The maximum absolute atomic E-state index is 13.4. The molecule has 2 atom stereocenters. The van der Waals surface area contributed by atoms with Gasteiger partial charge in [0.05, 0.1) is 9.79 Å². The normalized spacial score (nSPS) is 19.1. The second-order valence-corrected chi connectivity index (χ2v) is 12.6. The van der Waals surface area contributed by atoms with Crippen LogP contribution in [0.2, 0.25) is 0 Å². The number of aryl methyl sites for hydroxylation is 1. The van der Waals surface area contributed by atoms with E-state index in [-0.39, 0.29) is 28.0 Å². The van der Waals surface area contributed by atoms with Gasteiger partial charge in [-0.2, -0.15) is 16.9 Å². The van der Waals surface area contributed by atoms with Crippen LogP contribution in [0.4, 0.5) is 4.79 Å². The van der Waals surface area contributed by atoms with Crippen molar-refractivity contribution in [2.24, 2.45) is 0 Å². The van der Waals surface area contributed by atoms with Gasteiger partial charge >= 0.3 is 6.09 Å². The maximum Gasteiger partial charge on any atom is 0.426 e. The highest BCUT2D eigenvalue weighted by atomic mass is 32.2. The third-order valence-electron chi connectivity index (χ3n) is 5.61. The molecule has 0 unspecified atom stereocenters. The molecule has 0 bridgehead atoms. The topological polar surface area (TPSA) is 113 Å². The number of carbonyl (C=O) groups excluding carboxylic acids is 1. The largest absolute Gasteiger partial charge is 0.428 e. The number of fused-ring (bicyclic) bond motifs is 1. The third kappa shape index (κ3) is 5.46. The number of hydrazine groups is 1. The molecule has 1 N–H and O–H groups in total. The molecule has 1 aliphatic heterocycles. The molecule has 3 aromatic rings. The molecule has 0 spiro atoms. The third-order valence-corrected chi connectivity index (χ3v) is 9.24. The number of hydrogen-bond donors (Lipinski definition) is 2. The second-order valence-electron chi connectivity index (χ2n) is 8.28. The van der Waals surface area contributed by atoms with E-state index in [0.29, 0.717) is 5.01 Å². The number of ether oxygens (including phenoxy) is 1. The highest BCUT2D eigenvalue weighted by molar-refractivity contribution is 7.89. The first-order chi connectivity index (χ1) is 16.5. The molecule has 1 fully saturated rings. The summed E-state index contributed by atoms with van der Waals surface area (Å²) < 4.78 is 58.5. The van der Waals surface area contributed by atoms with Gasteiger partial charge in [0.1, 0.15) is 0 Å². The van der Waals surface area contributed by atoms with Gasteiger partial charge in [0.15, 0.2) is 6.23 Å². The van der Waals surface area contributed by atoms with Gasteiger partial charge in [-0.05, 0) is 42.0 Å². The van der Waals surface area contributed by atoms with Crippen molar-refractivity contribution >= 4 is 49.5 Å². The Morgan fingerprint density at radius 2 is 1.63 bits per heavy atom. The summed E-state index contributed by atoms with van der Waals surface area (Å²) in [6.07, 6.45) is -2.04. The molecule has 186 valence electrons. The van der Waals surface area contributed by atoms with Crippen LogP contribution >= 0.6 is 12.6 Å². The van der Waals surface area contributed by atoms with Gasteiger partial charge < -0.3 is 4.74 Å². The monoisotopic (exact) mass is 535 g/mol. The summed E-state index contributed by atoms with van der Waals surface area (Å²) in [5.41, 5.74) is 0.881. The summed E-state index contributed by atoms with van der Waals surface area (Å²) in [5.74, 6) is 0. The Labute approximate surface area is 210 Å². The Bertz CT molecular complexity index is 1460. The van der Waals surface area contributed by atoms with Crippen molar-refractivity contribution < 1.29 is 26.4 Å². The van der Waals surface area contributed by atoms with Crippen molar-refractivity contribution in [2.45, 2.75) is 34.6 Å². The van der Waals surface area contributed by atoms with Gasteiger partial charge in [-0.3, -0.25) is 0 Å². The van der Waals surface area contributed by atoms with Gasteiger partial charge in [-0.1, -0.05) is 48.0 Å². The Hall–Kier alpha value is -2.64. The highest BCUT2D eigenvalue weighted by Crippen LogP contribution is 2.31. The minimum atomic E-state index is -4.04. The Morgan fingerprint density at radius 1 is 1.00 bits per heavy atom. The van der Waals surface area contributed by atoms with Crippen LogP contribution in [0, 0.1) is 6.92 Å². The van der Waals surface area contributed by atoms with Crippen LogP contribution in [-0.4, -0.2) is 57.3 Å². The quantitative estimate of drug-likeness (QED) is 0.370. The first-order valence-electron chi connectivity index (χ1n) is 10.7. The fraction of sp³-hybridized carbons (Fsp3) is 0.261. The number of nitrogens with zero attached hydrogens (tertiary/aromatic N) is 2. The smallest absolute Gasteiger partial charge is 0.426 e. The lowest BCUT2D eigenvalue weighted by atomic mass is 10.1. The van der Waals surface area contributed by atoms with Gasteiger partial charge in [0, 0.05) is 25.3 Å². The van der Waals surface area contributed by atoms with Crippen molar-refractivity contribution in [3.63, 3.8) is 0 Å². The van der Waals surface area contributed by atoms with Crippen LogP contribution in [0.1, 0.15) is 12.0 Å². The molecular formula is C23H25N3O6S3. The molecule has 0 radical (unpaired) electrons. The van der Waals surface area contributed by atoms with Gasteiger partial charge in [-0.15, -0.1) is 4.83 Å². The predicted octanol–water partition coefficient (Wildman–Crippen LogP) is 3.13. The average molecular weight is 536 g/mol. The van der Waals surface area contributed by atoms with Crippen LogP contribution in [0.5, 0.6) is 0 Å². The van der Waals surface area contributed by atoms with E-state index in [0.717, 1.165) is 20.6 Å². The Morgan fingerprint density at radius 3 is 2.31 bits per heavy atom. The van der Waals surface area contributed by atoms with Gasteiger partial charge in [0.2, 0.25) is 10.0 Å². The van der Waals surface area contributed by atoms with E-state index in [1.807, 2.05) is 31.2 Å². The maximum atomic E-state index is 13.4. The van der Waals surface area contributed by atoms with E-state index >= 15 is 0 Å². The first-order valence-corrected chi connectivity index (χ1v) is 14.1. The summed E-state index contributed by atoms with van der Waals surface area (Å²) in [4.78, 5) is 14.8. The number of thiol groups is 1. The summed E-state index contributed by atoms with van der Waals surface area (Å²) in [6, 6.07) is 18.2. The van der Waals surface area contributed by atoms with Crippen molar-refractivity contribution in [3.05, 3.63) is 72.3 Å². The minimum absolute atomic E-state index is 0.0282. The fourth-order valence-electron chi connectivity index (χ4n) is 3.76. The molecule has 9 nitrogen and oxygen atoms in total. The summed E-state index contributed by atoms with van der Waals surface area (Å²) in [7, 11) is -6.88. The first kappa shape index (κ1) is 25.5.